The van der Waals surface area contributed by atoms with Crippen LogP contribution in [0, 0.1) is 11.3 Å². The van der Waals surface area contributed by atoms with Crippen molar-refractivity contribution in [2.24, 2.45) is 11.3 Å². The van der Waals surface area contributed by atoms with Gasteiger partial charge in [-0.1, -0.05) is 27.7 Å². The Balaban J connectivity index is 2.14. The van der Waals surface area contributed by atoms with E-state index in [0.29, 0.717) is 6.04 Å². The van der Waals surface area contributed by atoms with Crippen LogP contribution in [0.5, 0.6) is 0 Å². The highest BCUT2D eigenvalue weighted by molar-refractivity contribution is 4.80. The van der Waals surface area contributed by atoms with E-state index in [9.17, 15) is 5.11 Å². The molecule has 2 nitrogen and oxygen atoms in total. The van der Waals surface area contributed by atoms with E-state index in [2.05, 4.69) is 33.0 Å². The first-order valence-corrected chi connectivity index (χ1v) is 6.28. The molecule has 1 saturated carbocycles. The van der Waals surface area contributed by atoms with Crippen LogP contribution in [0.25, 0.3) is 0 Å². The van der Waals surface area contributed by atoms with Gasteiger partial charge in [-0.15, -0.1) is 0 Å². The molecule has 2 N–H and O–H groups in total. The van der Waals surface area contributed by atoms with Gasteiger partial charge in [-0.25, -0.2) is 0 Å². The average Bonchev–Trinajstić information content (AvgIpc) is 2.45. The van der Waals surface area contributed by atoms with Crippen LogP contribution >= 0.6 is 0 Å². The Morgan fingerprint density at radius 2 is 2.00 bits per heavy atom. The van der Waals surface area contributed by atoms with Gasteiger partial charge >= 0.3 is 0 Å². The van der Waals surface area contributed by atoms with Crippen molar-refractivity contribution in [3.05, 3.63) is 0 Å². The summed E-state index contributed by atoms with van der Waals surface area (Å²) >= 11 is 0. The van der Waals surface area contributed by atoms with Crippen LogP contribution in [-0.4, -0.2) is 23.8 Å². The molecule has 0 saturated heterocycles. The van der Waals surface area contributed by atoms with Crippen molar-refractivity contribution < 1.29 is 5.11 Å². The van der Waals surface area contributed by atoms with Crippen molar-refractivity contribution >= 4 is 0 Å². The highest BCUT2D eigenvalue weighted by Gasteiger charge is 2.22. The minimum Gasteiger partial charge on any atom is -0.392 e. The van der Waals surface area contributed by atoms with E-state index in [0.717, 1.165) is 18.9 Å². The SMILES string of the molecule is CC1CCC(NCC(O)CC(C)(C)C)C1. The van der Waals surface area contributed by atoms with E-state index in [1.807, 2.05) is 0 Å². The quantitative estimate of drug-likeness (QED) is 0.752. The third-order valence-corrected chi connectivity index (χ3v) is 3.18. The average molecular weight is 213 g/mol. The minimum atomic E-state index is -0.194. The van der Waals surface area contributed by atoms with Gasteiger partial charge in [-0.3, -0.25) is 0 Å². The fourth-order valence-electron chi connectivity index (χ4n) is 2.47. The first-order valence-electron chi connectivity index (χ1n) is 6.28. The summed E-state index contributed by atoms with van der Waals surface area (Å²) in [5.74, 6) is 0.863. The summed E-state index contributed by atoms with van der Waals surface area (Å²) in [4.78, 5) is 0. The van der Waals surface area contributed by atoms with Crippen molar-refractivity contribution in [1.29, 1.82) is 0 Å². The molecule has 0 aliphatic heterocycles. The van der Waals surface area contributed by atoms with Crippen molar-refractivity contribution in [3.8, 4) is 0 Å². The maximum Gasteiger partial charge on any atom is 0.0669 e. The minimum absolute atomic E-state index is 0.194. The molecule has 90 valence electrons. The van der Waals surface area contributed by atoms with E-state index in [4.69, 9.17) is 0 Å². The highest BCUT2D eigenvalue weighted by Crippen LogP contribution is 2.25. The van der Waals surface area contributed by atoms with Crippen LogP contribution in [-0.2, 0) is 0 Å². The van der Waals surface area contributed by atoms with E-state index in [-0.39, 0.29) is 11.5 Å². The zero-order valence-electron chi connectivity index (χ0n) is 10.7. The topological polar surface area (TPSA) is 32.3 Å². The lowest BCUT2D eigenvalue weighted by Gasteiger charge is -2.23. The molecule has 3 unspecified atom stereocenters. The van der Waals surface area contributed by atoms with Gasteiger partial charge in [0.05, 0.1) is 6.10 Å². The lowest BCUT2D eigenvalue weighted by atomic mass is 9.89. The Bertz CT molecular complexity index is 185. The van der Waals surface area contributed by atoms with Crippen LogP contribution < -0.4 is 5.32 Å². The molecule has 0 aromatic carbocycles. The molecule has 1 fully saturated rings. The molecule has 1 aliphatic rings. The molecule has 2 heteroatoms. The molecule has 1 aliphatic carbocycles. The van der Waals surface area contributed by atoms with Crippen molar-refractivity contribution in [2.45, 2.75) is 65.5 Å². The Labute approximate surface area is 94.5 Å². The van der Waals surface area contributed by atoms with Crippen LogP contribution in [0.4, 0.5) is 0 Å². The summed E-state index contributed by atoms with van der Waals surface area (Å²) in [6.45, 7) is 9.59. The van der Waals surface area contributed by atoms with Gasteiger partial charge in [0.25, 0.3) is 0 Å². The molecule has 0 spiro atoms. The third-order valence-electron chi connectivity index (χ3n) is 3.18. The van der Waals surface area contributed by atoms with Crippen LogP contribution in [0.1, 0.15) is 53.4 Å². The van der Waals surface area contributed by atoms with Gasteiger partial charge in [0.2, 0.25) is 0 Å². The molecule has 0 radical (unpaired) electrons. The van der Waals surface area contributed by atoms with Gasteiger partial charge in [0.15, 0.2) is 0 Å². The Morgan fingerprint density at radius 1 is 1.33 bits per heavy atom. The smallest absolute Gasteiger partial charge is 0.0669 e. The summed E-state index contributed by atoms with van der Waals surface area (Å²) in [6.07, 6.45) is 4.59. The maximum absolute atomic E-state index is 9.85. The van der Waals surface area contributed by atoms with Crippen LogP contribution in [0.3, 0.4) is 0 Å². The van der Waals surface area contributed by atoms with Crippen LogP contribution in [0.2, 0.25) is 0 Å². The maximum atomic E-state index is 9.85. The molecular weight excluding hydrogens is 186 g/mol. The first kappa shape index (κ1) is 13.0. The van der Waals surface area contributed by atoms with E-state index >= 15 is 0 Å². The monoisotopic (exact) mass is 213 g/mol. The molecule has 0 bridgehead atoms. The number of hydrogen-bond acceptors (Lipinski definition) is 2. The van der Waals surface area contributed by atoms with Crippen molar-refractivity contribution in [1.82, 2.24) is 5.32 Å². The summed E-state index contributed by atoms with van der Waals surface area (Å²) in [7, 11) is 0. The number of aliphatic hydroxyl groups excluding tert-OH is 1. The van der Waals surface area contributed by atoms with E-state index in [1.165, 1.54) is 19.3 Å². The number of nitrogens with one attached hydrogen (secondary N) is 1. The second kappa shape index (κ2) is 5.31. The number of hydrogen-bond donors (Lipinski definition) is 2. The van der Waals surface area contributed by atoms with Gasteiger partial charge < -0.3 is 10.4 Å². The van der Waals surface area contributed by atoms with Gasteiger partial charge in [0, 0.05) is 12.6 Å². The lowest BCUT2D eigenvalue weighted by molar-refractivity contribution is 0.116. The second-order valence-corrected chi connectivity index (χ2v) is 6.44. The summed E-state index contributed by atoms with van der Waals surface area (Å²) in [5, 5.41) is 13.3. The summed E-state index contributed by atoms with van der Waals surface area (Å²) in [5.41, 5.74) is 0.226. The number of aliphatic hydroxyl groups is 1. The molecule has 0 aromatic rings. The highest BCUT2D eigenvalue weighted by atomic mass is 16.3. The molecule has 0 amide bonds. The lowest BCUT2D eigenvalue weighted by Crippen LogP contribution is -2.35. The van der Waals surface area contributed by atoms with Gasteiger partial charge in [-0.05, 0) is 37.0 Å². The molecule has 0 aromatic heterocycles. The number of rotatable bonds is 4. The normalized spacial score (nSPS) is 29.4. The first-order chi connectivity index (χ1) is 6.87. The fraction of sp³-hybridized carbons (Fsp3) is 1.00. The third kappa shape index (κ3) is 5.53. The standard InChI is InChI=1S/C13H27NO/c1-10-5-6-11(7-10)14-9-12(15)8-13(2,3)4/h10-12,14-15H,5-9H2,1-4H3. The molecule has 15 heavy (non-hydrogen) atoms. The Morgan fingerprint density at radius 3 is 2.47 bits per heavy atom. The summed E-state index contributed by atoms with van der Waals surface area (Å²) in [6, 6.07) is 0.648. The largest absolute Gasteiger partial charge is 0.392 e. The molecule has 3 atom stereocenters. The molecular formula is C13H27NO. The summed E-state index contributed by atoms with van der Waals surface area (Å²) < 4.78 is 0. The zero-order valence-corrected chi connectivity index (χ0v) is 10.7. The van der Waals surface area contributed by atoms with E-state index < -0.39 is 0 Å². The van der Waals surface area contributed by atoms with E-state index in [1.54, 1.807) is 0 Å². The second-order valence-electron chi connectivity index (χ2n) is 6.44. The van der Waals surface area contributed by atoms with Gasteiger partial charge in [0.1, 0.15) is 0 Å². The predicted octanol–water partition coefficient (Wildman–Crippen LogP) is 2.56. The Kier molecular flexibility index (Phi) is 4.60. The van der Waals surface area contributed by atoms with Gasteiger partial charge in [-0.2, -0.15) is 0 Å². The van der Waals surface area contributed by atoms with Crippen molar-refractivity contribution in [3.63, 3.8) is 0 Å². The predicted molar refractivity (Wildman–Crippen MR) is 64.9 cm³/mol. The molecule has 1 rings (SSSR count). The Hall–Kier alpha value is -0.0800. The molecule has 0 heterocycles. The zero-order chi connectivity index (χ0) is 11.5. The van der Waals surface area contributed by atoms with Crippen LogP contribution in [0.15, 0.2) is 0 Å². The fourth-order valence-corrected chi connectivity index (χ4v) is 2.47. The van der Waals surface area contributed by atoms with Crippen molar-refractivity contribution in [2.75, 3.05) is 6.54 Å².